The summed E-state index contributed by atoms with van der Waals surface area (Å²) in [4.78, 5) is 16.0. The second-order valence-electron chi connectivity index (χ2n) is 6.81. The lowest BCUT2D eigenvalue weighted by molar-refractivity contribution is -0.141. The topological polar surface area (TPSA) is 77.9 Å². The fraction of sp³-hybridized carbons (Fsp3) is 0.450. The number of methoxy groups -OCH3 is 1. The van der Waals surface area contributed by atoms with Crippen molar-refractivity contribution in [3.8, 4) is 5.75 Å². The van der Waals surface area contributed by atoms with Crippen LogP contribution in [-0.4, -0.2) is 74.3 Å². The third kappa shape index (κ3) is 5.89. The van der Waals surface area contributed by atoms with Crippen molar-refractivity contribution >= 4 is 17.6 Å². The molecule has 2 N–H and O–H groups in total. The molecule has 1 fully saturated rings. The molecular weight excluding hydrogens is 411 g/mol. The monoisotopic (exact) mass is 437 g/mol. The zero-order valence-corrected chi connectivity index (χ0v) is 17.5. The number of hydrogen-bond donors (Lipinski definition) is 2. The molecule has 11 heteroatoms. The zero-order chi connectivity index (χ0) is 22.3. The Bertz CT molecular complexity index is 883. The van der Waals surface area contributed by atoms with Crippen LogP contribution in [0.1, 0.15) is 5.69 Å². The summed E-state index contributed by atoms with van der Waals surface area (Å²) in [5.41, 5.74) is 0.0968. The Labute approximate surface area is 179 Å². The summed E-state index contributed by atoms with van der Waals surface area (Å²) in [6, 6.07) is 8.77. The number of hydrogen-bond acceptors (Lipinski definition) is 6. The molecule has 1 aliphatic rings. The molecule has 8 nitrogen and oxygen atoms in total. The van der Waals surface area contributed by atoms with Crippen LogP contribution in [0.2, 0.25) is 0 Å². The lowest BCUT2D eigenvalue weighted by Crippen LogP contribution is -2.53. The average Bonchev–Trinajstić information content (AvgIpc) is 2.79. The van der Waals surface area contributed by atoms with Crippen molar-refractivity contribution in [1.82, 2.24) is 20.2 Å². The van der Waals surface area contributed by atoms with E-state index in [2.05, 4.69) is 35.4 Å². The Morgan fingerprint density at radius 2 is 1.87 bits per heavy atom. The maximum absolute atomic E-state index is 12.7. The number of rotatable bonds is 6. The first-order valence-corrected chi connectivity index (χ1v) is 9.90. The SMILES string of the molecule is CN=C(NCCNc1nccc(C(F)(F)F)n1)N1CCN(c2ccccc2OC)CC1. The zero-order valence-electron chi connectivity index (χ0n) is 17.5. The van der Waals surface area contributed by atoms with E-state index < -0.39 is 11.9 Å². The molecule has 0 radical (unpaired) electrons. The highest BCUT2D eigenvalue weighted by Crippen LogP contribution is 2.28. The van der Waals surface area contributed by atoms with Gasteiger partial charge in [0.2, 0.25) is 5.95 Å². The predicted molar refractivity (Wildman–Crippen MR) is 114 cm³/mol. The number of para-hydroxylation sites is 2. The molecule has 1 aromatic heterocycles. The van der Waals surface area contributed by atoms with Crippen molar-refractivity contribution in [2.75, 3.05) is 63.6 Å². The Hall–Kier alpha value is -3.24. The van der Waals surface area contributed by atoms with Gasteiger partial charge in [0.1, 0.15) is 11.4 Å². The minimum atomic E-state index is -4.49. The van der Waals surface area contributed by atoms with Crippen LogP contribution in [0.15, 0.2) is 41.5 Å². The van der Waals surface area contributed by atoms with Crippen molar-refractivity contribution in [1.29, 1.82) is 0 Å². The summed E-state index contributed by atoms with van der Waals surface area (Å²) in [5, 5.41) is 6.02. The van der Waals surface area contributed by atoms with E-state index in [1.165, 1.54) is 0 Å². The van der Waals surface area contributed by atoms with Crippen LogP contribution in [0.5, 0.6) is 5.75 Å². The molecule has 2 heterocycles. The van der Waals surface area contributed by atoms with E-state index in [0.29, 0.717) is 13.1 Å². The summed E-state index contributed by atoms with van der Waals surface area (Å²) in [6.45, 7) is 4.00. The van der Waals surface area contributed by atoms with E-state index in [0.717, 1.165) is 55.8 Å². The smallest absolute Gasteiger partial charge is 0.433 e. The van der Waals surface area contributed by atoms with Crippen LogP contribution in [0.3, 0.4) is 0 Å². The fourth-order valence-corrected chi connectivity index (χ4v) is 3.33. The van der Waals surface area contributed by atoms with Gasteiger partial charge in [-0.2, -0.15) is 13.2 Å². The molecule has 0 saturated carbocycles. The number of nitrogens with one attached hydrogen (secondary N) is 2. The number of halogens is 3. The predicted octanol–water partition coefficient (Wildman–Crippen LogP) is 2.31. The van der Waals surface area contributed by atoms with Crippen molar-refractivity contribution in [3.63, 3.8) is 0 Å². The molecule has 0 atom stereocenters. The van der Waals surface area contributed by atoms with E-state index in [9.17, 15) is 13.2 Å². The minimum Gasteiger partial charge on any atom is -0.495 e. The molecule has 1 aromatic carbocycles. The molecule has 0 unspecified atom stereocenters. The highest BCUT2D eigenvalue weighted by atomic mass is 19.4. The molecule has 0 bridgehead atoms. The third-order valence-corrected chi connectivity index (χ3v) is 4.85. The molecule has 0 spiro atoms. The molecule has 0 aliphatic carbocycles. The number of nitrogens with zero attached hydrogens (tertiary/aromatic N) is 5. The van der Waals surface area contributed by atoms with Gasteiger partial charge in [-0.1, -0.05) is 12.1 Å². The molecule has 168 valence electrons. The highest BCUT2D eigenvalue weighted by Gasteiger charge is 2.32. The normalized spacial score (nSPS) is 15.1. The van der Waals surface area contributed by atoms with Crippen molar-refractivity contribution in [2.45, 2.75) is 6.18 Å². The molecule has 2 aromatic rings. The first kappa shape index (κ1) is 22.4. The Morgan fingerprint density at radius 3 is 2.55 bits per heavy atom. The van der Waals surface area contributed by atoms with Gasteiger partial charge in [0.05, 0.1) is 12.8 Å². The number of benzene rings is 1. The number of ether oxygens (including phenoxy) is 1. The van der Waals surface area contributed by atoms with Crippen LogP contribution < -0.4 is 20.3 Å². The maximum Gasteiger partial charge on any atom is 0.433 e. The van der Waals surface area contributed by atoms with E-state index >= 15 is 0 Å². The van der Waals surface area contributed by atoms with Crippen molar-refractivity contribution in [3.05, 3.63) is 42.2 Å². The number of piperazine rings is 1. The number of aromatic nitrogens is 2. The molecule has 1 saturated heterocycles. The first-order valence-electron chi connectivity index (χ1n) is 9.90. The molecule has 31 heavy (non-hydrogen) atoms. The largest absolute Gasteiger partial charge is 0.495 e. The van der Waals surface area contributed by atoms with Crippen LogP contribution >= 0.6 is 0 Å². The van der Waals surface area contributed by atoms with Crippen LogP contribution in [0.25, 0.3) is 0 Å². The van der Waals surface area contributed by atoms with Gasteiger partial charge >= 0.3 is 6.18 Å². The van der Waals surface area contributed by atoms with Gasteiger partial charge in [0.25, 0.3) is 0 Å². The van der Waals surface area contributed by atoms with Gasteiger partial charge in [-0.3, -0.25) is 4.99 Å². The number of guanidine groups is 1. The minimum absolute atomic E-state index is 0.0583. The molecule has 0 amide bonds. The van der Waals surface area contributed by atoms with Crippen molar-refractivity contribution < 1.29 is 17.9 Å². The summed E-state index contributed by atoms with van der Waals surface area (Å²) in [7, 11) is 3.37. The lowest BCUT2D eigenvalue weighted by Gasteiger charge is -2.38. The summed E-state index contributed by atoms with van der Waals surface area (Å²) >= 11 is 0. The quantitative estimate of drug-likeness (QED) is 0.408. The van der Waals surface area contributed by atoms with Gasteiger partial charge in [0.15, 0.2) is 5.96 Å². The van der Waals surface area contributed by atoms with Gasteiger partial charge in [-0.15, -0.1) is 0 Å². The van der Waals surface area contributed by atoms with Crippen LogP contribution in [0, 0.1) is 0 Å². The van der Waals surface area contributed by atoms with E-state index in [1.807, 2.05) is 24.3 Å². The molecule has 1 aliphatic heterocycles. The van der Waals surface area contributed by atoms with Gasteiger partial charge in [0, 0.05) is 52.5 Å². The van der Waals surface area contributed by atoms with E-state index in [1.54, 1.807) is 14.2 Å². The number of alkyl halides is 3. The van der Waals surface area contributed by atoms with Gasteiger partial charge < -0.3 is 25.2 Å². The van der Waals surface area contributed by atoms with Crippen LogP contribution in [0.4, 0.5) is 24.8 Å². The maximum atomic E-state index is 12.7. The summed E-state index contributed by atoms with van der Waals surface area (Å²) in [5.74, 6) is 1.53. The van der Waals surface area contributed by atoms with E-state index in [4.69, 9.17) is 4.74 Å². The lowest BCUT2D eigenvalue weighted by atomic mass is 10.2. The van der Waals surface area contributed by atoms with E-state index in [-0.39, 0.29) is 5.95 Å². The van der Waals surface area contributed by atoms with Gasteiger partial charge in [-0.05, 0) is 18.2 Å². The molecule has 3 rings (SSSR count). The number of anilines is 2. The summed E-state index contributed by atoms with van der Waals surface area (Å²) < 4.78 is 43.6. The van der Waals surface area contributed by atoms with Crippen LogP contribution in [-0.2, 0) is 6.18 Å². The van der Waals surface area contributed by atoms with Crippen molar-refractivity contribution in [2.24, 2.45) is 4.99 Å². The third-order valence-electron chi connectivity index (χ3n) is 4.85. The Balaban J connectivity index is 1.46. The number of aliphatic imine (C=N–C) groups is 1. The molecular formula is C20H26F3N7O. The Kier molecular flexibility index (Phi) is 7.37. The van der Waals surface area contributed by atoms with Gasteiger partial charge in [-0.25, -0.2) is 9.97 Å². The average molecular weight is 437 g/mol. The summed E-state index contributed by atoms with van der Waals surface area (Å²) in [6.07, 6.45) is -3.41. The fourth-order valence-electron chi connectivity index (χ4n) is 3.33. The second-order valence-corrected chi connectivity index (χ2v) is 6.81. The highest BCUT2D eigenvalue weighted by molar-refractivity contribution is 5.80. The standard InChI is InChI=1S/C20H26F3N7O/c1-24-19(27-10-9-26-18-25-8-7-17(28-18)20(21,22)23)30-13-11-29(12-14-30)15-5-3-4-6-16(15)31-2/h3-8H,9-14H2,1-2H3,(H,24,27)(H,25,26,28). The Morgan fingerprint density at radius 1 is 1.13 bits per heavy atom. The second kappa shape index (κ2) is 10.2. The first-order chi connectivity index (χ1) is 14.9.